The van der Waals surface area contributed by atoms with E-state index in [1.165, 1.54) is 32.4 Å². The Kier molecular flexibility index (Phi) is 7.93. The van der Waals surface area contributed by atoms with Crippen molar-refractivity contribution in [2.45, 2.75) is 95.7 Å². The zero-order valence-corrected chi connectivity index (χ0v) is 19.1. The fourth-order valence-corrected chi connectivity index (χ4v) is 4.82. The van der Waals surface area contributed by atoms with Crippen LogP contribution in [0.15, 0.2) is 12.5 Å². The van der Waals surface area contributed by atoms with E-state index in [9.17, 15) is 9.90 Å². The largest absolute Gasteiger partial charge is 0.389 e. The Balaban J connectivity index is 1.56. The molecular weight excluding hydrogens is 378 g/mol. The van der Waals surface area contributed by atoms with Crippen LogP contribution in [0.4, 0.5) is 5.82 Å². The van der Waals surface area contributed by atoms with Crippen LogP contribution in [0, 0.1) is 0 Å². The minimum atomic E-state index is -0.675. The third kappa shape index (κ3) is 6.28. The van der Waals surface area contributed by atoms with Gasteiger partial charge in [-0.25, -0.2) is 4.98 Å². The van der Waals surface area contributed by atoms with Crippen LogP contribution in [0.3, 0.4) is 0 Å². The van der Waals surface area contributed by atoms with Crippen LogP contribution < -0.4 is 10.6 Å². The Hall–Kier alpha value is -1.44. The molecule has 1 saturated heterocycles. The van der Waals surface area contributed by atoms with Crippen molar-refractivity contribution in [2.75, 3.05) is 31.5 Å². The van der Waals surface area contributed by atoms with Gasteiger partial charge in [0.25, 0.3) is 0 Å². The van der Waals surface area contributed by atoms with Crippen molar-refractivity contribution in [1.82, 2.24) is 19.8 Å². The van der Waals surface area contributed by atoms with Gasteiger partial charge in [-0.05, 0) is 59.0 Å². The molecule has 0 spiro atoms. The lowest BCUT2D eigenvalue weighted by atomic mass is 9.84. The zero-order valence-electron chi connectivity index (χ0n) is 19.1. The van der Waals surface area contributed by atoms with Gasteiger partial charge in [0, 0.05) is 19.3 Å². The normalized spacial score (nSPS) is 20.9. The Morgan fingerprint density at radius 2 is 1.93 bits per heavy atom. The van der Waals surface area contributed by atoms with Crippen LogP contribution in [0.1, 0.15) is 78.6 Å². The van der Waals surface area contributed by atoms with Crippen molar-refractivity contribution in [1.29, 1.82) is 0 Å². The molecule has 30 heavy (non-hydrogen) atoms. The second kappa shape index (κ2) is 10.2. The van der Waals surface area contributed by atoms with Crippen molar-refractivity contribution in [3.05, 3.63) is 12.5 Å². The Bertz CT molecular complexity index is 675. The summed E-state index contributed by atoms with van der Waals surface area (Å²) in [6.07, 6.45) is 12.9. The second-order valence-corrected chi connectivity index (χ2v) is 9.96. The molecule has 7 heteroatoms. The number of amides is 1. The van der Waals surface area contributed by atoms with Gasteiger partial charge in [0.05, 0.1) is 23.5 Å². The highest BCUT2D eigenvalue weighted by molar-refractivity contribution is 5.93. The standard InChI is InChI=1S/C23H41N5O2/c1-4-10-19(24-16-23(30)11-6-5-7-12-23)21(29)26-20-15-28(18-25-20)22(2,3)17-27-13-8-9-14-27/h15,18-19,24,30H,4-14,16-17H2,1-3H3,(H,26,29)/t19-/m0/s1. The molecule has 3 rings (SSSR count). The Labute approximate surface area is 181 Å². The number of aromatic nitrogens is 2. The number of rotatable bonds is 10. The van der Waals surface area contributed by atoms with Crippen molar-refractivity contribution >= 4 is 11.7 Å². The number of carbonyl (C=O) groups is 1. The van der Waals surface area contributed by atoms with Crippen molar-refractivity contribution < 1.29 is 9.90 Å². The van der Waals surface area contributed by atoms with Crippen LogP contribution in [-0.2, 0) is 10.3 Å². The van der Waals surface area contributed by atoms with Crippen LogP contribution in [0.25, 0.3) is 0 Å². The molecule has 0 radical (unpaired) electrons. The van der Waals surface area contributed by atoms with Crippen LogP contribution in [-0.4, -0.2) is 63.3 Å². The fraction of sp³-hybridized carbons (Fsp3) is 0.826. The molecule has 1 aliphatic carbocycles. The number of imidazole rings is 1. The predicted molar refractivity (Wildman–Crippen MR) is 121 cm³/mol. The lowest BCUT2D eigenvalue weighted by molar-refractivity contribution is -0.118. The predicted octanol–water partition coefficient (Wildman–Crippen LogP) is 3.11. The molecule has 0 bridgehead atoms. The molecule has 7 nitrogen and oxygen atoms in total. The van der Waals surface area contributed by atoms with Crippen molar-refractivity contribution in [3.8, 4) is 0 Å². The number of carbonyl (C=O) groups excluding carboxylic acids is 1. The third-order valence-electron chi connectivity index (χ3n) is 6.70. The van der Waals surface area contributed by atoms with Crippen molar-refractivity contribution in [3.63, 3.8) is 0 Å². The zero-order chi connectivity index (χ0) is 21.6. The van der Waals surface area contributed by atoms with Crippen LogP contribution >= 0.6 is 0 Å². The van der Waals surface area contributed by atoms with E-state index in [0.29, 0.717) is 12.4 Å². The minimum Gasteiger partial charge on any atom is -0.389 e. The molecule has 1 aromatic rings. The van der Waals surface area contributed by atoms with E-state index in [-0.39, 0.29) is 17.5 Å². The summed E-state index contributed by atoms with van der Waals surface area (Å²) in [7, 11) is 0. The number of anilines is 1. The second-order valence-electron chi connectivity index (χ2n) is 9.96. The first-order chi connectivity index (χ1) is 14.3. The van der Waals surface area contributed by atoms with Gasteiger partial charge in [0.1, 0.15) is 0 Å². The van der Waals surface area contributed by atoms with E-state index in [4.69, 9.17) is 0 Å². The van der Waals surface area contributed by atoms with Crippen molar-refractivity contribution in [2.24, 2.45) is 0 Å². The molecule has 2 heterocycles. The molecule has 3 N–H and O–H groups in total. The maximum Gasteiger partial charge on any atom is 0.242 e. The molecule has 0 aromatic carbocycles. The Morgan fingerprint density at radius 3 is 2.60 bits per heavy atom. The topological polar surface area (TPSA) is 82.4 Å². The Morgan fingerprint density at radius 1 is 1.23 bits per heavy atom. The lowest BCUT2D eigenvalue weighted by Crippen LogP contribution is -2.49. The van der Waals surface area contributed by atoms with E-state index >= 15 is 0 Å². The number of nitrogens with one attached hydrogen (secondary N) is 2. The molecule has 1 saturated carbocycles. The first kappa shape index (κ1) is 23.2. The monoisotopic (exact) mass is 419 g/mol. The first-order valence-electron chi connectivity index (χ1n) is 11.8. The highest BCUT2D eigenvalue weighted by Crippen LogP contribution is 2.27. The van der Waals surface area contributed by atoms with E-state index in [1.54, 1.807) is 0 Å². The summed E-state index contributed by atoms with van der Waals surface area (Å²) in [6.45, 7) is 10.3. The molecular formula is C23H41N5O2. The molecule has 1 aliphatic heterocycles. The van der Waals surface area contributed by atoms with Gasteiger partial charge < -0.3 is 25.2 Å². The summed E-state index contributed by atoms with van der Waals surface area (Å²) < 4.78 is 2.11. The molecule has 1 amide bonds. The summed E-state index contributed by atoms with van der Waals surface area (Å²) in [6, 6.07) is -0.316. The van der Waals surface area contributed by atoms with Crippen LogP contribution in [0.5, 0.6) is 0 Å². The summed E-state index contributed by atoms with van der Waals surface area (Å²) in [4.78, 5) is 19.8. The van der Waals surface area contributed by atoms with Gasteiger partial charge in [-0.2, -0.15) is 0 Å². The molecule has 2 fully saturated rings. The first-order valence-corrected chi connectivity index (χ1v) is 11.8. The number of aliphatic hydroxyl groups is 1. The molecule has 2 aliphatic rings. The van der Waals surface area contributed by atoms with Crippen LogP contribution in [0.2, 0.25) is 0 Å². The highest BCUT2D eigenvalue weighted by Gasteiger charge is 2.31. The SMILES string of the molecule is CCC[C@H](NCC1(O)CCCCC1)C(=O)Nc1cn(C(C)(C)CN2CCCC2)cn1. The van der Waals surface area contributed by atoms with Gasteiger partial charge in [0.2, 0.25) is 5.91 Å². The van der Waals surface area contributed by atoms with E-state index < -0.39 is 5.60 Å². The number of nitrogens with zero attached hydrogens (tertiary/aromatic N) is 3. The van der Waals surface area contributed by atoms with Gasteiger partial charge in [0.15, 0.2) is 5.82 Å². The summed E-state index contributed by atoms with van der Waals surface area (Å²) in [5, 5.41) is 17.1. The van der Waals surface area contributed by atoms with Gasteiger partial charge >= 0.3 is 0 Å². The minimum absolute atomic E-state index is 0.0705. The quantitative estimate of drug-likeness (QED) is 0.543. The maximum absolute atomic E-state index is 12.9. The number of hydrogen-bond donors (Lipinski definition) is 3. The van der Waals surface area contributed by atoms with Gasteiger partial charge in [-0.1, -0.05) is 32.6 Å². The fourth-order valence-electron chi connectivity index (χ4n) is 4.82. The number of hydrogen-bond acceptors (Lipinski definition) is 5. The summed E-state index contributed by atoms with van der Waals surface area (Å²) >= 11 is 0. The molecule has 0 unspecified atom stereocenters. The maximum atomic E-state index is 12.9. The molecule has 1 atom stereocenters. The number of likely N-dealkylation sites (tertiary alicyclic amines) is 1. The third-order valence-corrected chi connectivity index (χ3v) is 6.70. The van der Waals surface area contributed by atoms with Gasteiger partial charge in [-0.3, -0.25) is 4.79 Å². The average molecular weight is 420 g/mol. The summed E-state index contributed by atoms with van der Waals surface area (Å²) in [5.41, 5.74) is -0.753. The molecule has 170 valence electrons. The van der Waals surface area contributed by atoms with E-state index in [1.807, 2.05) is 12.5 Å². The smallest absolute Gasteiger partial charge is 0.242 e. The van der Waals surface area contributed by atoms with Gasteiger partial charge in [-0.15, -0.1) is 0 Å². The average Bonchev–Trinajstić information content (AvgIpc) is 3.38. The summed E-state index contributed by atoms with van der Waals surface area (Å²) in [5.74, 6) is 0.521. The lowest BCUT2D eigenvalue weighted by Gasteiger charge is -2.33. The van der Waals surface area contributed by atoms with E-state index in [2.05, 4.69) is 45.9 Å². The van der Waals surface area contributed by atoms with E-state index in [0.717, 1.165) is 45.1 Å². The highest BCUT2D eigenvalue weighted by atomic mass is 16.3. The molecule has 1 aromatic heterocycles.